The molecule has 0 saturated carbocycles. The van der Waals surface area contributed by atoms with Crippen LogP contribution in [0.2, 0.25) is 0 Å². The Balaban J connectivity index is 0.000000164. The van der Waals surface area contributed by atoms with Crippen LogP contribution in [-0.4, -0.2) is 16.7 Å². The summed E-state index contributed by atoms with van der Waals surface area (Å²) < 4.78 is 0. The number of anilines is 1. The van der Waals surface area contributed by atoms with Gasteiger partial charge in [0.15, 0.2) is 11.6 Å². The van der Waals surface area contributed by atoms with Gasteiger partial charge in [-0.2, -0.15) is 0 Å². The van der Waals surface area contributed by atoms with E-state index in [1.165, 1.54) is 13.0 Å². The lowest BCUT2D eigenvalue weighted by Crippen LogP contribution is -2.08. The predicted molar refractivity (Wildman–Crippen MR) is 86.6 cm³/mol. The van der Waals surface area contributed by atoms with Gasteiger partial charge < -0.3 is 10.8 Å². The maximum atomic E-state index is 11.0. The van der Waals surface area contributed by atoms with Crippen LogP contribution in [0.3, 0.4) is 0 Å². The van der Waals surface area contributed by atoms with E-state index in [9.17, 15) is 14.7 Å². The maximum absolute atomic E-state index is 11.0. The van der Waals surface area contributed by atoms with E-state index in [4.69, 9.17) is 5.73 Å². The number of aliphatic hydroxyl groups excluding tert-OH is 1. The molecule has 3 N–H and O–H groups in total. The van der Waals surface area contributed by atoms with Crippen LogP contribution in [0.5, 0.6) is 0 Å². The molecule has 0 saturated heterocycles. The first kappa shape index (κ1) is 15.5. The van der Waals surface area contributed by atoms with E-state index in [1.807, 2.05) is 30.3 Å². The van der Waals surface area contributed by atoms with Crippen molar-refractivity contribution in [2.75, 3.05) is 5.73 Å². The molecule has 2 aromatic carbocycles. The van der Waals surface area contributed by atoms with Gasteiger partial charge in [-0.3, -0.25) is 9.59 Å². The summed E-state index contributed by atoms with van der Waals surface area (Å²) in [6.45, 7) is 1.51. The molecule has 0 radical (unpaired) electrons. The van der Waals surface area contributed by atoms with E-state index in [-0.39, 0.29) is 17.3 Å². The SMILES string of the molecule is CC(=O)c1ccccc1N.O=C1C=C(O)c2ccccc2C1. The summed E-state index contributed by atoms with van der Waals surface area (Å²) in [6, 6.07) is 14.4. The molecule has 0 bridgehead atoms. The van der Waals surface area contributed by atoms with Crippen LogP contribution < -0.4 is 5.73 Å². The number of para-hydroxylation sites is 1. The second-order valence-electron chi connectivity index (χ2n) is 4.97. The van der Waals surface area contributed by atoms with Crippen molar-refractivity contribution in [2.45, 2.75) is 13.3 Å². The number of hydrogen-bond acceptors (Lipinski definition) is 4. The second kappa shape index (κ2) is 6.72. The lowest BCUT2D eigenvalue weighted by atomic mass is 9.95. The molecule has 22 heavy (non-hydrogen) atoms. The summed E-state index contributed by atoms with van der Waals surface area (Å²) in [7, 11) is 0. The van der Waals surface area contributed by atoms with Gasteiger partial charge in [0.05, 0.1) is 0 Å². The van der Waals surface area contributed by atoms with Crippen molar-refractivity contribution in [3.63, 3.8) is 0 Å². The molecule has 0 amide bonds. The fraction of sp³-hybridized carbons (Fsp3) is 0.111. The van der Waals surface area contributed by atoms with Crippen molar-refractivity contribution in [2.24, 2.45) is 0 Å². The number of aliphatic hydroxyl groups is 1. The molecule has 0 aliphatic heterocycles. The van der Waals surface area contributed by atoms with E-state index in [0.717, 1.165) is 11.1 Å². The Morgan fingerprint density at radius 3 is 2.36 bits per heavy atom. The average molecular weight is 295 g/mol. The zero-order chi connectivity index (χ0) is 16.1. The first-order chi connectivity index (χ1) is 10.5. The zero-order valence-electron chi connectivity index (χ0n) is 12.2. The normalized spacial score (nSPS) is 12.6. The molecule has 0 unspecified atom stereocenters. The van der Waals surface area contributed by atoms with Crippen molar-refractivity contribution in [1.82, 2.24) is 0 Å². The van der Waals surface area contributed by atoms with Crippen LogP contribution in [-0.2, 0) is 11.2 Å². The van der Waals surface area contributed by atoms with Gasteiger partial charge in [0.2, 0.25) is 0 Å². The largest absolute Gasteiger partial charge is 0.507 e. The number of Topliss-reactive ketones (excluding diaryl/α,β-unsaturated/α-hetero) is 1. The van der Waals surface area contributed by atoms with Crippen molar-refractivity contribution >= 4 is 23.0 Å². The molecule has 112 valence electrons. The van der Waals surface area contributed by atoms with Crippen LogP contribution in [0.1, 0.15) is 28.4 Å². The molecule has 1 aliphatic carbocycles. The minimum atomic E-state index is -0.0359. The monoisotopic (exact) mass is 295 g/mol. The number of fused-ring (bicyclic) bond motifs is 1. The highest BCUT2D eigenvalue weighted by atomic mass is 16.3. The predicted octanol–water partition coefficient (Wildman–Crippen LogP) is 3.18. The highest BCUT2D eigenvalue weighted by Crippen LogP contribution is 2.21. The molecule has 0 aromatic heterocycles. The number of hydrogen-bond donors (Lipinski definition) is 2. The molecule has 0 spiro atoms. The molecular weight excluding hydrogens is 278 g/mol. The van der Waals surface area contributed by atoms with Gasteiger partial charge in [-0.1, -0.05) is 36.4 Å². The quantitative estimate of drug-likeness (QED) is 0.625. The van der Waals surface area contributed by atoms with Gasteiger partial charge in [-0.05, 0) is 24.6 Å². The highest BCUT2D eigenvalue weighted by Gasteiger charge is 2.15. The summed E-state index contributed by atoms with van der Waals surface area (Å²) in [5.74, 6) is 0.0613. The zero-order valence-corrected chi connectivity index (χ0v) is 12.2. The van der Waals surface area contributed by atoms with Crippen LogP contribution in [0.4, 0.5) is 5.69 Å². The Morgan fingerprint density at radius 2 is 1.73 bits per heavy atom. The van der Waals surface area contributed by atoms with Gasteiger partial charge in [-0.25, -0.2) is 0 Å². The summed E-state index contributed by atoms with van der Waals surface area (Å²) in [6.07, 6.45) is 1.68. The van der Waals surface area contributed by atoms with Crippen molar-refractivity contribution in [1.29, 1.82) is 0 Å². The maximum Gasteiger partial charge on any atom is 0.163 e. The van der Waals surface area contributed by atoms with E-state index in [1.54, 1.807) is 18.2 Å². The lowest BCUT2D eigenvalue weighted by molar-refractivity contribution is -0.114. The minimum absolute atomic E-state index is 0.0121. The summed E-state index contributed by atoms with van der Waals surface area (Å²) >= 11 is 0. The second-order valence-corrected chi connectivity index (χ2v) is 4.97. The third-order valence-electron chi connectivity index (χ3n) is 3.30. The average Bonchev–Trinajstić information content (AvgIpc) is 2.48. The third-order valence-corrected chi connectivity index (χ3v) is 3.30. The number of ketones is 2. The van der Waals surface area contributed by atoms with E-state index in [2.05, 4.69) is 0 Å². The van der Waals surface area contributed by atoms with E-state index >= 15 is 0 Å². The summed E-state index contributed by atoms with van der Waals surface area (Å²) in [5, 5.41) is 9.37. The van der Waals surface area contributed by atoms with Gasteiger partial charge in [0.25, 0.3) is 0 Å². The van der Waals surface area contributed by atoms with E-state index < -0.39 is 0 Å². The first-order valence-electron chi connectivity index (χ1n) is 6.86. The number of nitrogen functional groups attached to an aromatic ring is 1. The molecule has 0 heterocycles. The molecule has 2 aromatic rings. The molecule has 4 nitrogen and oxygen atoms in total. The van der Waals surface area contributed by atoms with Crippen LogP contribution in [0.15, 0.2) is 54.6 Å². The van der Waals surface area contributed by atoms with Gasteiger partial charge in [0.1, 0.15) is 5.76 Å². The topological polar surface area (TPSA) is 80.4 Å². The van der Waals surface area contributed by atoms with E-state index in [0.29, 0.717) is 17.7 Å². The number of carbonyl (C=O) groups excluding carboxylic acids is 2. The number of allylic oxidation sites excluding steroid dienone is 1. The third kappa shape index (κ3) is 3.61. The first-order valence-corrected chi connectivity index (χ1v) is 6.86. The Morgan fingerprint density at radius 1 is 1.09 bits per heavy atom. The van der Waals surface area contributed by atoms with Crippen molar-refractivity contribution in [3.8, 4) is 0 Å². The molecular formula is C18H17NO3. The number of nitrogens with two attached hydrogens (primary N) is 1. The van der Waals surface area contributed by atoms with Crippen LogP contribution >= 0.6 is 0 Å². The summed E-state index contributed by atoms with van der Waals surface area (Å²) in [4.78, 5) is 21.8. The van der Waals surface area contributed by atoms with Gasteiger partial charge in [0, 0.05) is 29.3 Å². The Labute approximate surface area is 128 Å². The summed E-state index contributed by atoms with van der Waals surface area (Å²) in [5.41, 5.74) is 8.33. The Bertz CT molecular complexity index is 748. The molecule has 1 aliphatic rings. The van der Waals surface area contributed by atoms with Crippen LogP contribution in [0, 0.1) is 0 Å². The van der Waals surface area contributed by atoms with Crippen molar-refractivity contribution < 1.29 is 14.7 Å². The minimum Gasteiger partial charge on any atom is -0.507 e. The molecule has 3 rings (SSSR count). The number of carbonyl (C=O) groups is 2. The van der Waals surface area contributed by atoms with Crippen molar-refractivity contribution in [3.05, 3.63) is 71.3 Å². The number of benzene rings is 2. The fourth-order valence-electron chi connectivity index (χ4n) is 2.21. The standard InChI is InChI=1S/C10H8O2.C8H9NO/c11-8-5-7-3-1-2-4-9(7)10(12)6-8;1-6(10)7-4-2-3-5-8(7)9/h1-4,6,12H,5H2;2-5H,9H2,1H3. The molecule has 0 atom stereocenters. The van der Waals surface area contributed by atoms with Crippen LogP contribution in [0.25, 0.3) is 5.76 Å². The van der Waals surface area contributed by atoms with Gasteiger partial charge >= 0.3 is 0 Å². The fourth-order valence-corrected chi connectivity index (χ4v) is 2.21. The van der Waals surface area contributed by atoms with Gasteiger partial charge in [-0.15, -0.1) is 0 Å². The molecule has 4 heteroatoms. The highest BCUT2D eigenvalue weighted by molar-refractivity contribution is 6.00. The lowest BCUT2D eigenvalue weighted by Gasteiger charge is -2.11. The Kier molecular flexibility index (Phi) is 4.73. The molecule has 0 fully saturated rings. The number of rotatable bonds is 1. The smallest absolute Gasteiger partial charge is 0.163 e. The Hall–Kier alpha value is -2.88.